The summed E-state index contributed by atoms with van der Waals surface area (Å²) in [6, 6.07) is 0. The number of nitrogens with zero attached hydrogens (tertiary/aromatic N) is 1. The fraction of sp³-hybridized carbons (Fsp3) is 0.929. The minimum atomic E-state index is -0.117. The van der Waals surface area contributed by atoms with Gasteiger partial charge in [0.05, 0.1) is 5.54 Å². The molecule has 5 nitrogen and oxygen atoms in total. The number of nitrogens with one attached hydrogen (secondary N) is 4. The molecular formula is C14H33N5S. The van der Waals surface area contributed by atoms with E-state index in [9.17, 15) is 0 Å². The van der Waals surface area contributed by atoms with Gasteiger partial charge in [0, 0.05) is 33.2 Å². The first-order valence-electron chi connectivity index (χ1n) is 7.52. The van der Waals surface area contributed by atoms with Crippen LogP contribution < -0.4 is 21.3 Å². The second-order valence-electron chi connectivity index (χ2n) is 5.43. The van der Waals surface area contributed by atoms with Gasteiger partial charge in [-0.3, -0.25) is 0 Å². The van der Waals surface area contributed by atoms with Gasteiger partial charge in [-0.25, -0.2) is 0 Å². The highest BCUT2D eigenvalue weighted by atomic mass is 32.1. The van der Waals surface area contributed by atoms with Crippen LogP contribution in [0.2, 0.25) is 0 Å². The highest BCUT2D eigenvalue weighted by Gasteiger charge is 2.29. The van der Waals surface area contributed by atoms with Crippen molar-refractivity contribution in [3.05, 3.63) is 0 Å². The van der Waals surface area contributed by atoms with Gasteiger partial charge in [-0.05, 0) is 39.8 Å². The second kappa shape index (κ2) is 11.3. The fourth-order valence-corrected chi connectivity index (χ4v) is 2.67. The highest BCUT2D eigenvalue weighted by Crippen LogP contribution is 2.04. The molecule has 0 aromatic rings. The SMILES string of the molecule is CCCCCN(C)C(=S)NC(CNC)(CNC)CNC. The molecule has 6 heteroatoms. The topological polar surface area (TPSA) is 51.4 Å². The molecule has 120 valence electrons. The number of hydrogen-bond acceptors (Lipinski definition) is 4. The van der Waals surface area contributed by atoms with Crippen molar-refractivity contribution in [2.75, 3.05) is 54.4 Å². The van der Waals surface area contributed by atoms with Crippen molar-refractivity contribution in [2.24, 2.45) is 0 Å². The molecule has 0 rings (SSSR count). The molecule has 0 aromatic heterocycles. The average Bonchev–Trinajstić information content (AvgIpc) is 2.39. The van der Waals surface area contributed by atoms with E-state index in [4.69, 9.17) is 12.2 Å². The van der Waals surface area contributed by atoms with Gasteiger partial charge in [-0.15, -0.1) is 0 Å². The molecule has 0 saturated carbocycles. The van der Waals surface area contributed by atoms with E-state index >= 15 is 0 Å². The Morgan fingerprint density at radius 3 is 1.90 bits per heavy atom. The van der Waals surface area contributed by atoms with Gasteiger partial charge in [-0.1, -0.05) is 19.8 Å². The maximum atomic E-state index is 5.55. The van der Waals surface area contributed by atoms with E-state index in [1.807, 2.05) is 21.1 Å². The summed E-state index contributed by atoms with van der Waals surface area (Å²) in [6.45, 7) is 5.76. The first-order valence-corrected chi connectivity index (χ1v) is 7.93. The minimum Gasteiger partial charge on any atom is -0.353 e. The van der Waals surface area contributed by atoms with Crippen LogP contribution in [0.3, 0.4) is 0 Å². The van der Waals surface area contributed by atoms with Crippen LogP contribution in [0.1, 0.15) is 26.2 Å². The standard InChI is InChI=1S/C14H33N5S/c1-6-7-8-9-19(5)13(20)18-14(10-15-2,11-16-3)12-17-4/h15-17H,6-12H2,1-5H3,(H,18,20). The third-order valence-electron chi connectivity index (χ3n) is 3.36. The molecule has 0 saturated heterocycles. The lowest BCUT2D eigenvalue weighted by molar-refractivity contribution is 0.327. The molecule has 0 unspecified atom stereocenters. The van der Waals surface area contributed by atoms with Gasteiger partial charge in [0.1, 0.15) is 0 Å². The van der Waals surface area contributed by atoms with E-state index in [-0.39, 0.29) is 5.54 Å². The molecule has 4 N–H and O–H groups in total. The zero-order valence-corrected chi connectivity index (χ0v) is 14.6. The summed E-state index contributed by atoms with van der Waals surface area (Å²) < 4.78 is 0. The van der Waals surface area contributed by atoms with Crippen molar-refractivity contribution in [1.29, 1.82) is 0 Å². The van der Waals surface area contributed by atoms with Crippen LogP contribution in [-0.4, -0.2) is 69.9 Å². The Hall–Kier alpha value is -0.430. The van der Waals surface area contributed by atoms with E-state index in [1.165, 1.54) is 19.3 Å². The summed E-state index contributed by atoms with van der Waals surface area (Å²) in [5.74, 6) is 0. The minimum absolute atomic E-state index is 0.117. The molecule has 0 fully saturated rings. The molecule has 0 amide bonds. The Morgan fingerprint density at radius 1 is 1.00 bits per heavy atom. The van der Waals surface area contributed by atoms with Crippen LogP contribution in [0.25, 0.3) is 0 Å². The van der Waals surface area contributed by atoms with Gasteiger partial charge in [-0.2, -0.15) is 0 Å². The zero-order chi connectivity index (χ0) is 15.4. The van der Waals surface area contributed by atoms with Crippen molar-refractivity contribution in [3.63, 3.8) is 0 Å². The van der Waals surface area contributed by atoms with E-state index in [2.05, 4.69) is 40.1 Å². The van der Waals surface area contributed by atoms with Gasteiger partial charge in [0.25, 0.3) is 0 Å². The maximum absolute atomic E-state index is 5.55. The van der Waals surface area contributed by atoms with Crippen LogP contribution in [0.4, 0.5) is 0 Å². The summed E-state index contributed by atoms with van der Waals surface area (Å²) in [7, 11) is 7.97. The quantitative estimate of drug-likeness (QED) is 0.327. The monoisotopic (exact) mass is 303 g/mol. The first kappa shape index (κ1) is 19.6. The number of unbranched alkanes of at least 4 members (excludes halogenated alkanes) is 2. The average molecular weight is 304 g/mol. The van der Waals surface area contributed by atoms with Crippen molar-refractivity contribution >= 4 is 17.3 Å². The van der Waals surface area contributed by atoms with E-state index in [0.717, 1.165) is 31.3 Å². The molecule has 0 bridgehead atoms. The summed E-state index contributed by atoms with van der Waals surface area (Å²) in [5, 5.41) is 14.1. The molecule has 0 aromatic carbocycles. The van der Waals surface area contributed by atoms with Crippen molar-refractivity contribution in [3.8, 4) is 0 Å². The van der Waals surface area contributed by atoms with Gasteiger partial charge in [0.2, 0.25) is 0 Å². The lowest BCUT2D eigenvalue weighted by Crippen LogP contribution is -2.65. The van der Waals surface area contributed by atoms with Crippen molar-refractivity contribution in [2.45, 2.75) is 31.7 Å². The number of rotatable bonds is 11. The van der Waals surface area contributed by atoms with Gasteiger partial charge >= 0.3 is 0 Å². The van der Waals surface area contributed by atoms with Gasteiger partial charge in [0.15, 0.2) is 5.11 Å². The lowest BCUT2D eigenvalue weighted by Gasteiger charge is -2.37. The predicted molar refractivity (Wildman–Crippen MR) is 92.4 cm³/mol. The van der Waals surface area contributed by atoms with Gasteiger partial charge < -0.3 is 26.2 Å². The van der Waals surface area contributed by atoms with Crippen molar-refractivity contribution < 1.29 is 0 Å². The van der Waals surface area contributed by atoms with Crippen LogP contribution in [0, 0.1) is 0 Å². The van der Waals surface area contributed by atoms with E-state index in [1.54, 1.807) is 0 Å². The molecular weight excluding hydrogens is 270 g/mol. The van der Waals surface area contributed by atoms with E-state index in [0.29, 0.717) is 0 Å². The molecule has 0 spiro atoms. The molecule has 0 aliphatic heterocycles. The Balaban J connectivity index is 4.56. The van der Waals surface area contributed by atoms with Crippen molar-refractivity contribution in [1.82, 2.24) is 26.2 Å². The normalized spacial score (nSPS) is 11.4. The molecule has 20 heavy (non-hydrogen) atoms. The third-order valence-corrected chi connectivity index (χ3v) is 3.78. The Labute approximate surface area is 130 Å². The maximum Gasteiger partial charge on any atom is 0.169 e. The lowest BCUT2D eigenvalue weighted by atomic mass is 9.99. The van der Waals surface area contributed by atoms with E-state index < -0.39 is 0 Å². The Bertz CT molecular complexity index is 243. The van der Waals surface area contributed by atoms with Crippen LogP contribution in [-0.2, 0) is 0 Å². The Kier molecular flexibility index (Phi) is 11.0. The summed E-state index contributed by atoms with van der Waals surface area (Å²) >= 11 is 5.55. The number of likely N-dealkylation sites (N-methyl/N-ethyl adjacent to an activating group) is 3. The summed E-state index contributed by atoms with van der Waals surface area (Å²) in [4.78, 5) is 2.14. The zero-order valence-electron chi connectivity index (χ0n) is 13.8. The highest BCUT2D eigenvalue weighted by molar-refractivity contribution is 7.80. The number of hydrogen-bond donors (Lipinski definition) is 4. The molecule has 0 radical (unpaired) electrons. The number of thiocarbonyl (C=S) groups is 1. The molecule has 0 aliphatic carbocycles. The largest absolute Gasteiger partial charge is 0.353 e. The summed E-state index contributed by atoms with van der Waals surface area (Å²) in [6.07, 6.45) is 3.67. The molecule has 0 aliphatic rings. The third kappa shape index (κ3) is 7.38. The summed E-state index contributed by atoms with van der Waals surface area (Å²) in [5.41, 5.74) is -0.117. The smallest absolute Gasteiger partial charge is 0.169 e. The second-order valence-corrected chi connectivity index (χ2v) is 5.82. The fourth-order valence-electron chi connectivity index (χ4n) is 2.36. The predicted octanol–water partition coefficient (Wildman–Crippen LogP) is 0.380. The molecule has 0 atom stereocenters. The first-order chi connectivity index (χ1) is 9.55. The van der Waals surface area contributed by atoms with Crippen LogP contribution in [0.5, 0.6) is 0 Å². The Morgan fingerprint density at radius 2 is 1.50 bits per heavy atom. The molecule has 0 heterocycles. The van der Waals surface area contributed by atoms with Crippen LogP contribution >= 0.6 is 12.2 Å². The van der Waals surface area contributed by atoms with Crippen LogP contribution in [0.15, 0.2) is 0 Å².